The molecule has 6 nitrogen and oxygen atoms in total. The molecule has 3 aliphatic rings. The number of pyridine rings is 1. The van der Waals surface area contributed by atoms with Crippen molar-refractivity contribution in [3.63, 3.8) is 0 Å². The molecule has 3 atom stereocenters. The molecule has 2 aliphatic heterocycles. The van der Waals surface area contributed by atoms with Gasteiger partial charge in [-0.15, -0.1) is 0 Å². The number of hydrogen-bond donors (Lipinski definition) is 3. The molecule has 0 bridgehead atoms. The second-order valence-electron chi connectivity index (χ2n) is 10.0. The zero-order chi connectivity index (χ0) is 22.9. The zero-order valence-corrected chi connectivity index (χ0v) is 19.4. The maximum atomic E-state index is 14.0. The van der Waals surface area contributed by atoms with E-state index in [9.17, 15) is 14.7 Å². The number of carbonyl (C=O) groups is 2. The SMILES string of the molecule is CC1(C)CCC2(CC1)N[C@@H](C(=O)O)[C@H](c1ccnc(Cl)c1)C21C(=O)Nc2cc(Cl)ccc21. The number of anilines is 1. The van der Waals surface area contributed by atoms with Crippen molar-refractivity contribution in [3.05, 3.63) is 57.8 Å². The Kier molecular flexibility index (Phi) is 4.86. The highest BCUT2D eigenvalue weighted by Gasteiger charge is 2.72. The fourth-order valence-corrected chi connectivity index (χ4v) is 6.64. The van der Waals surface area contributed by atoms with E-state index in [1.165, 1.54) is 0 Å². The Bertz CT molecular complexity index is 1130. The van der Waals surface area contributed by atoms with Gasteiger partial charge >= 0.3 is 5.97 Å². The number of rotatable bonds is 2. The number of hydrogen-bond acceptors (Lipinski definition) is 4. The standard InChI is InChI=1S/C24H25Cl2N3O3/c1-22(2)6-8-23(9-7-22)24(15-4-3-14(25)12-16(15)28-21(24)32)18(19(29-23)20(30)31)13-5-10-27-17(26)11-13/h3-5,10-12,18-19,29H,6-9H2,1-2H3,(H,28,32)(H,30,31)/t18-,19+,24?/m0/s1. The Morgan fingerprint density at radius 1 is 1.12 bits per heavy atom. The number of nitrogens with zero attached hydrogens (tertiary/aromatic N) is 1. The van der Waals surface area contributed by atoms with Crippen LogP contribution in [0.15, 0.2) is 36.5 Å². The highest BCUT2D eigenvalue weighted by atomic mass is 35.5. The molecule has 3 N–H and O–H groups in total. The summed E-state index contributed by atoms with van der Waals surface area (Å²) < 4.78 is 0. The summed E-state index contributed by atoms with van der Waals surface area (Å²) >= 11 is 12.5. The van der Waals surface area contributed by atoms with Crippen molar-refractivity contribution in [3.8, 4) is 0 Å². The summed E-state index contributed by atoms with van der Waals surface area (Å²) in [5, 5.41) is 17.6. The van der Waals surface area contributed by atoms with Gasteiger partial charge in [0.15, 0.2) is 0 Å². The Morgan fingerprint density at radius 2 is 1.84 bits per heavy atom. The molecule has 2 fully saturated rings. The maximum Gasteiger partial charge on any atom is 0.321 e. The molecule has 5 rings (SSSR count). The van der Waals surface area contributed by atoms with Crippen molar-refractivity contribution >= 4 is 40.8 Å². The lowest BCUT2D eigenvalue weighted by Gasteiger charge is -2.50. The second kappa shape index (κ2) is 7.17. The van der Waals surface area contributed by atoms with E-state index in [4.69, 9.17) is 23.2 Å². The summed E-state index contributed by atoms with van der Waals surface area (Å²) in [6.07, 6.45) is 4.71. The fourth-order valence-electron chi connectivity index (χ4n) is 6.28. The van der Waals surface area contributed by atoms with E-state index in [1.54, 1.807) is 30.5 Å². The third-order valence-corrected chi connectivity index (χ3v) is 8.27. The molecule has 1 saturated carbocycles. The quantitative estimate of drug-likeness (QED) is 0.546. The molecule has 1 unspecified atom stereocenters. The van der Waals surface area contributed by atoms with Crippen LogP contribution in [0.5, 0.6) is 0 Å². The summed E-state index contributed by atoms with van der Waals surface area (Å²) in [6, 6.07) is 7.88. The maximum absolute atomic E-state index is 14.0. The molecule has 8 heteroatoms. The lowest BCUT2D eigenvalue weighted by molar-refractivity contribution is -0.139. The van der Waals surface area contributed by atoms with Gasteiger partial charge in [0.25, 0.3) is 0 Å². The first-order valence-corrected chi connectivity index (χ1v) is 11.6. The lowest BCUT2D eigenvalue weighted by Crippen LogP contribution is -2.61. The number of benzene rings is 1. The smallest absolute Gasteiger partial charge is 0.321 e. The molecule has 1 amide bonds. The number of carboxylic acid groups (broad SMARTS) is 1. The molecule has 32 heavy (non-hydrogen) atoms. The number of aliphatic carboxylic acids is 1. The summed E-state index contributed by atoms with van der Waals surface area (Å²) in [5.74, 6) is -1.84. The van der Waals surface area contributed by atoms with Crippen molar-refractivity contribution in [2.24, 2.45) is 5.41 Å². The molecule has 1 saturated heterocycles. The first-order valence-electron chi connectivity index (χ1n) is 10.8. The molecule has 168 valence electrons. The van der Waals surface area contributed by atoms with Gasteiger partial charge in [-0.05, 0) is 66.5 Å². The Hall–Kier alpha value is -2.15. The van der Waals surface area contributed by atoms with Gasteiger partial charge in [-0.3, -0.25) is 14.9 Å². The van der Waals surface area contributed by atoms with Crippen LogP contribution in [0.2, 0.25) is 10.2 Å². The Morgan fingerprint density at radius 3 is 2.50 bits per heavy atom. The van der Waals surface area contributed by atoms with E-state index >= 15 is 0 Å². The number of nitrogens with one attached hydrogen (secondary N) is 2. The number of halogens is 2. The molecule has 1 aromatic heterocycles. The van der Waals surface area contributed by atoms with E-state index in [0.29, 0.717) is 29.1 Å². The topological polar surface area (TPSA) is 91.3 Å². The van der Waals surface area contributed by atoms with Gasteiger partial charge in [0.1, 0.15) is 16.6 Å². The van der Waals surface area contributed by atoms with Crippen LogP contribution in [-0.2, 0) is 15.0 Å². The van der Waals surface area contributed by atoms with Crippen LogP contribution in [-0.4, -0.2) is 33.5 Å². The van der Waals surface area contributed by atoms with Gasteiger partial charge in [0, 0.05) is 28.4 Å². The van der Waals surface area contributed by atoms with E-state index < -0.39 is 28.9 Å². The van der Waals surface area contributed by atoms with Gasteiger partial charge in [0.2, 0.25) is 5.91 Å². The minimum Gasteiger partial charge on any atom is -0.480 e. The van der Waals surface area contributed by atoms with Crippen LogP contribution in [0.25, 0.3) is 0 Å². The number of carbonyl (C=O) groups excluding carboxylic acids is 1. The molecule has 0 radical (unpaired) electrons. The Labute approximate surface area is 196 Å². The molecule has 1 aliphatic carbocycles. The van der Waals surface area contributed by atoms with Crippen molar-refractivity contribution in [2.75, 3.05) is 5.32 Å². The molecule has 1 aromatic carbocycles. The predicted molar refractivity (Wildman–Crippen MR) is 123 cm³/mol. The average Bonchev–Trinajstić information content (AvgIpc) is 3.18. The summed E-state index contributed by atoms with van der Waals surface area (Å²) in [5.41, 5.74) is 0.421. The number of fused-ring (bicyclic) bond motifs is 3. The van der Waals surface area contributed by atoms with E-state index in [-0.39, 0.29) is 16.5 Å². The highest BCUT2D eigenvalue weighted by molar-refractivity contribution is 6.31. The van der Waals surface area contributed by atoms with Crippen LogP contribution in [0.3, 0.4) is 0 Å². The molecule has 3 heterocycles. The molecular formula is C24H25Cl2N3O3. The number of aromatic nitrogens is 1. The molecule has 2 spiro atoms. The third-order valence-electron chi connectivity index (χ3n) is 7.83. The van der Waals surface area contributed by atoms with Crippen LogP contribution in [0.1, 0.15) is 56.6 Å². The van der Waals surface area contributed by atoms with Gasteiger partial charge in [-0.25, -0.2) is 4.98 Å². The minimum absolute atomic E-state index is 0.128. The van der Waals surface area contributed by atoms with E-state index in [1.807, 2.05) is 6.07 Å². The first-order chi connectivity index (χ1) is 15.1. The normalized spacial score (nSPS) is 29.8. The average molecular weight is 474 g/mol. The van der Waals surface area contributed by atoms with Crippen LogP contribution in [0, 0.1) is 5.41 Å². The number of amides is 1. The van der Waals surface area contributed by atoms with Crippen molar-refractivity contribution < 1.29 is 14.7 Å². The van der Waals surface area contributed by atoms with Gasteiger partial charge < -0.3 is 10.4 Å². The third kappa shape index (κ3) is 2.93. The highest BCUT2D eigenvalue weighted by Crippen LogP contribution is 2.63. The zero-order valence-electron chi connectivity index (χ0n) is 17.9. The van der Waals surface area contributed by atoms with E-state index in [2.05, 4.69) is 29.5 Å². The lowest BCUT2D eigenvalue weighted by atomic mass is 9.53. The van der Waals surface area contributed by atoms with Crippen LogP contribution < -0.4 is 10.6 Å². The number of carboxylic acids is 1. The van der Waals surface area contributed by atoms with Gasteiger partial charge in [-0.1, -0.05) is 43.1 Å². The van der Waals surface area contributed by atoms with Gasteiger partial charge in [0.05, 0.1) is 0 Å². The molecular weight excluding hydrogens is 449 g/mol. The Balaban J connectivity index is 1.81. The van der Waals surface area contributed by atoms with Crippen LogP contribution >= 0.6 is 23.2 Å². The van der Waals surface area contributed by atoms with E-state index in [0.717, 1.165) is 18.4 Å². The largest absolute Gasteiger partial charge is 0.480 e. The van der Waals surface area contributed by atoms with Crippen molar-refractivity contribution in [1.82, 2.24) is 10.3 Å². The minimum atomic E-state index is -1.11. The fraction of sp³-hybridized carbons (Fsp3) is 0.458. The van der Waals surface area contributed by atoms with Crippen LogP contribution in [0.4, 0.5) is 5.69 Å². The predicted octanol–water partition coefficient (Wildman–Crippen LogP) is 4.76. The monoisotopic (exact) mass is 473 g/mol. The summed E-state index contributed by atoms with van der Waals surface area (Å²) in [6.45, 7) is 4.44. The second-order valence-corrected chi connectivity index (χ2v) is 10.9. The first kappa shape index (κ1) is 21.7. The molecule has 2 aromatic rings. The summed E-state index contributed by atoms with van der Waals surface area (Å²) in [4.78, 5) is 30.6. The van der Waals surface area contributed by atoms with Crippen molar-refractivity contribution in [2.45, 2.75) is 62.4 Å². The summed E-state index contributed by atoms with van der Waals surface area (Å²) in [7, 11) is 0. The van der Waals surface area contributed by atoms with Crippen molar-refractivity contribution in [1.29, 1.82) is 0 Å². The van der Waals surface area contributed by atoms with Gasteiger partial charge in [-0.2, -0.15) is 0 Å².